The van der Waals surface area contributed by atoms with Crippen LogP contribution in [0.2, 0.25) is 0 Å². The predicted molar refractivity (Wildman–Crippen MR) is 81.2 cm³/mol. The molecule has 1 amide bonds. The van der Waals surface area contributed by atoms with E-state index in [0.717, 1.165) is 37.7 Å². The summed E-state index contributed by atoms with van der Waals surface area (Å²) >= 11 is 0. The van der Waals surface area contributed by atoms with Crippen LogP contribution in [-0.4, -0.2) is 44.8 Å². The third kappa shape index (κ3) is 3.29. The van der Waals surface area contributed by atoms with Crippen molar-refractivity contribution in [3.8, 4) is 0 Å². The summed E-state index contributed by atoms with van der Waals surface area (Å²) in [5.74, 6) is -0.0410. The second kappa shape index (κ2) is 6.24. The van der Waals surface area contributed by atoms with Gasteiger partial charge in [-0.2, -0.15) is 0 Å². The van der Waals surface area contributed by atoms with Gasteiger partial charge in [0, 0.05) is 13.1 Å². The van der Waals surface area contributed by atoms with Crippen LogP contribution in [0.15, 0.2) is 24.3 Å². The van der Waals surface area contributed by atoms with Crippen LogP contribution in [0.5, 0.6) is 0 Å². The first-order chi connectivity index (χ1) is 9.54. The maximum absolute atomic E-state index is 12.3. The lowest BCUT2D eigenvalue weighted by Crippen LogP contribution is -2.48. The Morgan fingerprint density at radius 1 is 1.25 bits per heavy atom. The normalized spacial score (nSPS) is 16.1. The molecule has 5 nitrogen and oxygen atoms in total. The summed E-state index contributed by atoms with van der Waals surface area (Å²) in [6, 6.07) is 7.90. The van der Waals surface area contributed by atoms with E-state index in [9.17, 15) is 4.79 Å². The van der Waals surface area contributed by atoms with E-state index in [2.05, 4.69) is 15.5 Å². The van der Waals surface area contributed by atoms with Gasteiger partial charge in [0.1, 0.15) is 0 Å². The highest BCUT2D eigenvalue weighted by Crippen LogP contribution is 2.27. The maximum atomic E-state index is 12.3. The summed E-state index contributed by atoms with van der Waals surface area (Å²) in [4.78, 5) is 14.5. The number of benzene rings is 1. The quantitative estimate of drug-likeness (QED) is 0.875. The third-order valence-corrected chi connectivity index (χ3v) is 3.70. The molecule has 20 heavy (non-hydrogen) atoms. The fourth-order valence-electron chi connectivity index (χ4n) is 2.05. The first-order valence-electron chi connectivity index (χ1n) is 6.96. The molecule has 1 fully saturated rings. The van der Waals surface area contributed by atoms with Crippen molar-refractivity contribution >= 4 is 17.3 Å². The molecule has 110 valence electrons. The number of likely N-dealkylation sites (N-methyl/N-ethyl adjacent to an activating group) is 1. The number of nitrogens with one attached hydrogen (secondary N) is 2. The van der Waals surface area contributed by atoms with Crippen LogP contribution < -0.4 is 15.5 Å². The Bertz CT molecular complexity index is 468. The second-order valence-corrected chi connectivity index (χ2v) is 5.45. The van der Waals surface area contributed by atoms with Gasteiger partial charge in [0.2, 0.25) is 5.91 Å². The number of para-hydroxylation sites is 2. The van der Waals surface area contributed by atoms with E-state index in [4.69, 9.17) is 4.74 Å². The van der Waals surface area contributed by atoms with Crippen LogP contribution >= 0.6 is 0 Å². The molecule has 0 radical (unpaired) electrons. The van der Waals surface area contributed by atoms with Gasteiger partial charge in [-0.15, -0.1) is 0 Å². The summed E-state index contributed by atoms with van der Waals surface area (Å²) in [6.07, 6.45) is 0. The number of amides is 1. The molecule has 1 aromatic carbocycles. The van der Waals surface area contributed by atoms with Crippen molar-refractivity contribution in [3.63, 3.8) is 0 Å². The molecule has 1 aliphatic heterocycles. The molecule has 0 saturated carbocycles. The van der Waals surface area contributed by atoms with Crippen molar-refractivity contribution < 1.29 is 9.53 Å². The number of anilines is 2. The Morgan fingerprint density at radius 2 is 1.90 bits per heavy atom. The van der Waals surface area contributed by atoms with E-state index < -0.39 is 5.54 Å². The number of ether oxygens (including phenoxy) is 1. The molecule has 0 spiro atoms. The van der Waals surface area contributed by atoms with Crippen molar-refractivity contribution in [2.24, 2.45) is 0 Å². The summed E-state index contributed by atoms with van der Waals surface area (Å²) in [7, 11) is 1.79. The Balaban J connectivity index is 2.17. The monoisotopic (exact) mass is 277 g/mol. The average molecular weight is 277 g/mol. The van der Waals surface area contributed by atoms with E-state index in [1.54, 1.807) is 7.05 Å². The standard InChI is InChI=1S/C15H23N3O2/c1-15(2,16-3)14(19)17-12-6-4-5-7-13(12)18-8-10-20-11-9-18/h4-7,16H,8-11H2,1-3H3,(H,17,19). The van der Waals surface area contributed by atoms with Crippen molar-refractivity contribution in [2.75, 3.05) is 43.6 Å². The van der Waals surface area contributed by atoms with E-state index in [1.165, 1.54) is 0 Å². The SMILES string of the molecule is CNC(C)(C)C(=O)Nc1ccccc1N1CCOCC1. The molecule has 0 aliphatic carbocycles. The van der Waals surface area contributed by atoms with Crippen LogP contribution in [-0.2, 0) is 9.53 Å². The van der Waals surface area contributed by atoms with Gasteiger partial charge in [-0.05, 0) is 33.0 Å². The Morgan fingerprint density at radius 3 is 2.55 bits per heavy atom. The topological polar surface area (TPSA) is 53.6 Å². The van der Waals surface area contributed by atoms with Gasteiger partial charge in [0.25, 0.3) is 0 Å². The van der Waals surface area contributed by atoms with E-state index in [1.807, 2.05) is 38.1 Å². The molecule has 5 heteroatoms. The summed E-state index contributed by atoms with van der Waals surface area (Å²) in [5.41, 5.74) is 1.30. The number of nitrogens with zero attached hydrogens (tertiary/aromatic N) is 1. The van der Waals surface area contributed by atoms with Crippen LogP contribution in [0, 0.1) is 0 Å². The smallest absolute Gasteiger partial charge is 0.244 e. The van der Waals surface area contributed by atoms with Gasteiger partial charge in [-0.1, -0.05) is 12.1 Å². The number of carbonyl (C=O) groups is 1. The van der Waals surface area contributed by atoms with Gasteiger partial charge < -0.3 is 20.3 Å². The molecule has 1 aliphatic rings. The molecule has 1 saturated heterocycles. The summed E-state index contributed by atoms with van der Waals surface area (Å²) < 4.78 is 5.37. The lowest BCUT2D eigenvalue weighted by atomic mass is 10.0. The highest BCUT2D eigenvalue weighted by atomic mass is 16.5. The molecular formula is C15H23N3O2. The summed E-state index contributed by atoms with van der Waals surface area (Å²) in [6.45, 7) is 6.87. The molecule has 2 N–H and O–H groups in total. The van der Waals surface area contributed by atoms with Gasteiger partial charge in [-0.3, -0.25) is 4.79 Å². The number of rotatable bonds is 4. The predicted octanol–water partition coefficient (Wildman–Crippen LogP) is 1.46. The minimum absolute atomic E-state index is 0.0410. The number of morpholine rings is 1. The first kappa shape index (κ1) is 14.8. The average Bonchev–Trinajstić information content (AvgIpc) is 2.48. The van der Waals surface area contributed by atoms with E-state index in [-0.39, 0.29) is 5.91 Å². The molecule has 0 unspecified atom stereocenters. The number of carbonyl (C=O) groups excluding carboxylic acids is 1. The van der Waals surface area contributed by atoms with Crippen molar-refractivity contribution in [2.45, 2.75) is 19.4 Å². The highest BCUT2D eigenvalue weighted by molar-refractivity contribution is 6.00. The Kier molecular flexibility index (Phi) is 4.62. The van der Waals surface area contributed by atoms with Gasteiger partial charge >= 0.3 is 0 Å². The molecule has 0 atom stereocenters. The zero-order valence-electron chi connectivity index (χ0n) is 12.4. The molecule has 0 bridgehead atoms. The fraction of sp³-hybridized carbons (Fsp3) is 0.533. The van der Waals surface area contributed by atoms with Gasteiger partial charge in [0.05, 0.1) is 30.1 Å². The highest BCUT2D eigenvalue weighted by Gasteiger charge is 2.26. The Labute approximate surface area is 120 Å². The lowest BCUT2D eigenvalue weighted by molar-refractivity contribution is -0.121. The second-order valence-electron chi connectivity index (χ2n) is 5.45. The lowest BCUT2D eigenvalue weighted by Gasteiger charge is -2.31. The van der Waals surface area contributed by atoms with Crippen LogP contribution in [0.4, 0.5) is 11.4 Å². The molecular weight excluding hydrogens is 254 g/mol. The zero-order valence-corrected chi connectivity index (χ0v) is 12.4. The minimum atomic E-state index is -0.599. The minimum Gasteiger partial charge on any atom is -0.378 e. The number of hydrogen-bond acceptors (Lipinski definition) is 4. The zero-order chi connectivity index (χ0) is 14.6. The third-order valence-electron chi connectivity index (χ3n) is 3.70. The van der Waals surface area contributed by atoms with E-state index >= 15 is 0 Å². The van der Waals surface area contributed by atoms with Crippen molar-refractivity contribution in [3.05, 3.63) is 24.3 Å². The first-order valence-corrected chi connectivity index (χ1v) is 6.96. The van der Waals surface area contributed by atoms with Crippen molar-refractivity contribution in [1.29, 1.82) is 0 Å². The number of hydrogen-bond donors (Lipinski definition) is 2. The maximum Gasteiger partial charge on any atom is 0.244 e. The fourth-order valence-corrected chi connectivity index (χ4v) is 2.05. The van der Waals surface area contributed by atoms with Crippen molar-refractivity contribution in [1.82, 2.24) is 5.32 Å². The molecule has 0 aromatic heterocycles. The van der Waals surface area contributed by atoms with Crippen LogP contribution in [0.25, 0.3) is 0 Å². The summed E-state index contributed by atoms with van der Waals surface area (Å²) in [5, 5.41) is 6.03. The molecule has 1 aromatic rings. The van der Waals surface area contributed by atoms with Crippen LogP contribution in [0.3, 0.4) is 0 Å². The molecule has 2 rings (SSSR count). The Hall–Kier alpha value is -1.59. The largest absolute Gasteiger partial charge is 0.378 e. The molecule has 1 heterocycles. The van der Waals surface area contributed by atoms with Gasteiger partial charge in [-0.25, -0.2) is 0 Å². The van der Waals surface area contributed by atoms with Crippen LogP contribution in [0.1, 0.15) is 13.8 Å². The van der Waals surface area contributed by atoms with E-state index in [0.29, 0.717) is 0 Å². The van der Waals surface area contributed by atoms with Gasteiger partial charge in [0.15, 0.2) is 0 Å².